The molecular formula is C12H19NO2. The van der Waals surface area contributed by atoms with Gasteiger partial charge >= 0.3 is 0 Å². The van der Waals surface area contributed by atoms with Gasteiger partial charge in [-0.25, -0.2) is 0 Å². The van der Waals surface area contributed by atoms with Gasteiger partial charge in [0.15, 0.2) is 0 Å². The second-order valence-electron chi connectivity index (χ2n) is 4.26. The Labute approximate surface area is 90.6 Å². The zero-order chi connectivity index (χ0) is 10.5. The Morgan fingerprint density at radius 1 is 1.40 bits per heavy atom. The number of nitrogens with two attached hydrogens (primary N) is 1. The maximum absolute atomic E-state index is 5.89. The van der Waals surface area contributed by atoms with E-state index in [0.717, 1.165) is 18.5 Å². The fourth-order valence-corrected chi connectivity index (χ4v) is 2.24. The standard InChI is InChI=1S/C12H19NO2/c13-7-11-3-1-2-4-12(11)15-9-10-5-6-14-8-10/h5-6,8,11-12H,1-4,7,9,13H2. The van der Waals surface area contributed by atoms with Crippen molar-refractivity contribution in [1.82, 2.24) is 0 Å². The molecule has 1 aliphatic rings. The molecule has 84 valence electrons. The van der Waals surface area contributed by atoms with Gasteiger partial charge in [0.2, 0.25) is 0 Å². The van der Waals surface area contributed by atoms with E-state index < -0.39 is 0 Å². The molecule has 0 bridgehead atoms. The minimum Gasteiger partial charge on any atom is -0.472 e. The van der Waals surface area contributed by atoms with Crippen LogP contribution in [0.4, 0.5) is 0 Å². The lowest BCUT2D eigenvalue weighted by Gasteiger charge is -2.30. The van der Waals surface area contributed by atoms with Crippen molar-refractivity contribution in [1.29, 1.82) is 0 Å². The topological polar surface area (TPSA) is 48.4 Å². The van der Waals surface area contributed by atoms with Crippen molar-refractivity contribution in [3.63, 3.8) is 0 Å². The zero-order valence-corrected chi connectivity index (χ0v) is 9.02. The summed E-state index contributed by atoms with van der Waals surface area (Å²) in [6.07, 6.45) is 8.70. The average molecular weight is 209 g/mol. The molecule has 1 aromatic rings. The number of hydrogen-bond donors (Lipinski definition) is 1. The SMILES string of the molecule is NCC1CCCCC1OCc1ccoc1. The van der Waals surface area contributed by atoms with Gasteiger partial charge in [0.1, 0.15) is 0 Å². The van der Waals surface area contributed by atoms with E-state index in [0.29, 0.717) is 18.6 Å². The van der Waals surface area contributed by atoms with E-state index in [9.17, 15) is 0 Å². The van der Waals surface area contributed by atoms with E-state index in [-0.39, 0.29) is 0 Å². The summed E-state index contributed by atoms with van der Waals surface area (Å²) in [5, 5.41) is 0. The molecular weight excluding hydrogens is 190 g/mol. The van der Waals surface area contributed by atoms with Crippen LogP contribution < -0.4 is 5.73 Å². The quantitative estimate of drug-likeness (QED) is 0.827. The van der Waals surface area contributed by atoms with Crippen LogP contribution in [0, 0.1) is 5.92 Å². The van der Waals surface area contributed by atoms with Crippen molar-refractivity contribution < 1.29 is 9.15 Å². The Balaban J connectivity index is 1.81. The van der Waals surface area contributed by atoms with Gasteiger partial charge in [0.05, 0.1) is 25.2 Å². The van der Waals surface area contributed by atoms with Crippen LogP contribution in [0.3, 0.4) is 0 Å². The van der Waals surface area contributed by atoms with Crippen LogP contribution in [0.2, 0.25) is 0 Å². The van der Waals surface area contributed by atoms with Crippen molar-refractivity contribution in [2.75, 3.05) is 6.54 Å². The molecule has 1 heterocycles. The van der Waals surface area contributed by atoms with E-state index in [1.54, 1.807) is 12.5 Å². The highest BCUT2D eigenvalue weighted by Gasteiger charge is 2.24. The molecule has 15 heavy (non-hydrogen) atoms. The molecule has 1 aliphatic carbocycles. The van der Waals surface area contributed by atoms with Crippen molar-refractivity contribution in [2.45, 2.75) is 38.4 Å². The molecule has 0 saturated heterocycles. The summed E-state index contributed by atoms with van der Waals surface area (Å²) in [7, 11) is 0. The van der Waals surface area contributed by atoms with Gasteiger partial charge in [0.25, 0.3) is 0 Å². The van der Waals surface area contributed by atoms with Crippen LogP contribution in [-0.2, 0) is 11.3 Å². The van der Waals surface area contributed by atoms with Crippen LogP contribution >= 0.6 is 0 Å². The van der Waals surface area contributed by atoms with Gasteiger partial charge in [-0.15, -0.1) is 0 Å². The Kier molecular flexibility index (Phi) is 3.80. The molecule has 0 radical (unpaired) electrons. The first-order chi connectivity index (χ1) is 7.40. The molecule has 3 nitrogen and oxygen atoms in total. The van der Waals surface area contributed by atoms with E-state index in [2.05, 4.69) is 0 Å². The second-order valence-corrected chi connectivity index (χ2v) is 4.26. The van der Waals surface area contributed by atoms with Crippen LogP contribution in [0.1, 0.15) is 31.2 Å². The summed E-state index contributed by atoms with van der Waals surface area (Å²) in [4.78, 5) is 0. The monoisotopic (exact) mass is 209 g/mol. The number of rotatable bonds is 4. The van der Waals surface area contributed by atoms with Crippen LogP contribution in [0.15, 0.2) is 23.0 Å². The minimum absolute atomic E-state index is 0.346. The first-order valence-electron chi connectivity index (χ1n) is 5.73. The van der Waals surface area contributed by atoms with Crippen molar-refractivity contribution in [3.05, 3.63) is 24.2 Å². The van der Waals surface area contributed by atoms with Crippen molar-refractivity contribution in [2.24, 2.45) is 11.7 Å². The maximum atomic E-state index is 5.89. The third-order valence-corrected chi connectivity index (χ3v) is 3.19. The lowest BCUT2D eigenvalue weighted by atomic mass is 9.86. The third kappa shape index (κ3) is 2.83. The summed E-state index contributed by atoms with van der Waals surface area (Å²) in [5.74, 6) is 0.547. The number of ether oxygens (including phenoxy) is 1. The molecule has 1 fully saturated rings. The van der Waals surface area contributed by atoms with Gasteiger partial charge in [-0.1, -0.05) is 12.8 Å². The van der Waals surface area contributed by atoms with E-state index in [1.807, 2.05) is 6.07 Å². The Bertz CT molecular complexity index is 271. The molecule has 0 aliphatic heterocycles. The average Bonchev–Trinajstić information content (AvgIpc) is 2.79. The van der Waals surface area contributed by atoms with Crippen LogP contribution in [0.25, 0.3) is 0 Å². The van der Waals surface area contributed by atoms with E-state index in [4.69, 9.17) is 14.9 Å². The smallest absolute Gasteiger partial charge is 0.0957 e. The second kappa shape index (κ2) is 5.33. The molecule has 2 rings (SSSR count). The minimum atomic E-state index is 0.346. The van der Waals surface area contributed by atoms with Gasteiger partial charge < -0.3 is 14.9 Å². The molecule has 1 saturated carbocycles. The summed E-state index contributed by atoms with van der Waals surface area (Å²) in [6.45, 7) is 1.40. The first-order valence-corrected chi connectivity index (χ1v) is 5.73. The molecule has 2 atom stereocenters. The molecule has 1 aromatic heterocycles. The maximum Gasteiger partial charge on any atom is 0.0957 e. The van der Waals surface area contributed by atoms with Crippen LogP contribution in [0.5, 0.6) is 0 Å². The Hall–Kier alpha value is -0.800. The van der Waals surface area contributed by atoms with E-state index in [1.165, 1.54) is 19.3 Å². The number of hydrogen-bond acceptors (Lipinski definition) is 3. The van der Waals surface area contributed by atoms with E-state index >= 15 is 0 Å². The van der Waals surface area contributed by atoms with Gasteiger partial charge in [-0.3, -0.25) is 0 Å². The Morgan fingerprint density at radius 2 is 2.27 bits per heavy atom. The predicted molar refractivity (Wildman–Crippen MR) is 58.3 cm³/mol. The van der Waals surface area contributed by atoms with Crippen molar-refractivity contribution in [3.8, 4) is 0 Å². The number of furan rings is 1. The predicted octanol–water partition coefficient (Wildman–Crippen LogP) is 2.31. The normalized spacial score (nSPS) is 26.7. The van der Waals surface area contributed by atoms with Gasteiger partial charge in [0, 0.05) is 5.56 Å². The summed E-state index contributed by atoms with van der Waals surface area (Å²) >= 11 is 0. The van der Waals surface area contributed by atoms with Gasteiger partial charge in [-0.05, 0) is 31.4 Å². The molecule has 2 N–H and O–H groups in total. The molecule has 0 aromatic carbocycles. The molecule has 2 unspecified atom stereocenters. The Morgan fingerprint density at radius 3 is 3.00 bits per heavy atom. The lowest BCUT2D eigenvalue weighted by molar-refractivity contribution is -0.0184. The first kappa shape index (κ1) is 10.7. The molecule has 3 heteroatoms. The molecule has 0 spiro atoms. The lowest BCUT2D eigenvalue weighted by Crippen LogP contribution is -2.33. The highest BCUT2D eigenvalue weighted by molar-refractivity contribution is 5.03. The summed E-state index contributed by atoms with van der Waals surface area (Å²) < 4.78 is 10.9. The van der Waals surface area contributed by atoms with Crippen LogP contribution in [-0.4, -0.2) is 12.6 Å². The largest absolute Gasteiger partial charge is 0.472 e. The fraction of sp³-hybridized carbons (Fsp3) is 0.667. The fourth-order valence-electron chi connectivity index (χ4n) is 2.24. The highest BCUT2D eigenvalue weighted by Crippen LogP contribution is 2.26. The third-order valence-electron chi connectivity index (χ3n) is 3.19. The molecule has 0 amide bonds. The highest BCUT2D eigenvalue weighted by atomic mass is 16.5. The van der Waals surface area contributed by atoms with Gasteiger partial charge in [-0.2, -0.15) is 0 Å². The summed E-state index contributed by atoms with van der Waals surface area (Å²) in [5.41, 5.74) is 6.85. The van der Waals surface area contributed by atoms with Crippen molar-refractivity contribution >= 4 is 0 Å². The zero-order valence-electron chi connectivity index (χ0n) is 9.02. The summed E-state index contributed by atoms with van der Waals surface area (Å²) in [6, 6.07) is 1.94.